The second-order valence-electron chi connectivity index (χ2n) is 5.90. The third kappa shape index (κ3) is 5.36. The number of amides is 1. The van der Waals surface area contributed by atoms with Crippen molar-refractivity contribution in [3.05, 3.63) is 0 Å². The number of rotatable bonds is 6. The molecule has 4 heteroatoms. The largest absolute Gasteiger partial charge is 0.389 e. The molecule has 0 unspecified atom stereocenters. The van der Waals surface area contributed by atoms with E-state index in [0.717, 1.165) is 31.6 Å². The van der Waals surface area contributed by atoms with E-state index in [4.69, 9.17) is 0 Å². The second-order valence-corrected chi connectivity index (χ2v) is 5.90. The van der Waals surface area contributed by atoms with Gasteiger partial charge < -0.3 is 15.7 Å². The number of hydrogen-bond acceptors (Lipinski definition) is 3. The summed E-state index contributed by atoms with van der Waals surface area (Å²) < 4.78 is 0. The lowest BCUT2D eigenvalue weighted by molar-refractivity contribution is -0.120. The molecule has 0 heterocycles. The molecule has 0 aromatic heterocycles. The zero-order valence-corrected chi connectivity index (χ0v) is 12.0. The molecule has 106 valence electrons. The summed E-state index contributed by atoms with van der Waals surface area (Å²) in [5.74, 6) is 0.769. The number of hydrogen-bond donors (Lipinski definition) is 3. The number of carbonyl (C=O) groups excluding carboxylic acids is 1. The van der Waals surface area contributed by atoms with Gasteiger partial charge in [0.1, 0.15) is 0 Å². The van der Waals surface area contributed by atoms with E-state index in [0.29, 0.717) is 6.54 Å². The molecule has 0 aliphatic heterocycles. The molecule has 1 amide bonds. The molecule has 18 heavy (non-hydrogen) atoms. The van der Waals surface area contributed by atoms with Gasteiger partial charge in [-0.15, -0.1) is 0 Å². The Hall–Kier alpha value is -0.610. The summed E-state index contributed by atoms with van der Waals surface area (Å²) in [5.41, 5.74) is -0.607. The maximum Gasteiger partial charge on any atom is 0.234 e. The monoisotopic (exact) mass is 256 g/mol. The van der Waals surface area contributed by atoms with Crippen LogP contribution in [0.15, 0.2) is 0 Å². The first-order valence-corrected chi connectivity index (χ1v) is 7.17. The van der Waals surface area contributed by atoms with Gasteiger partial charge in [-0.25, -0.2) is 0 Å². The van der Waals surface area contributed by atoms with Crippen LogP contribution in [-0.4, -0.2) is 35.7 Å². The van der Waals surface area contributed by atoms with Crippen LogP contribution in [0, 0.1) is 5.92 Å². The Morgan fingerprint density at radius 1 is 1.39 bits per heavy atom. The van der Waals surface area contributed by atoms with E-state index in [-0.39, 0.29) is 18.5 Å². The van der Waals surface area contributed by atoms with E-state index >= 15 is 0 Å². The van der Waals surface area contributed by atoms with Crippen LogP contribution >= 0.6 is 0 Å². The Balaban J connectivity index is 2.20. The van der Waals surface area contributed by atoms with Crippen LogP contribution in [0.3, 0.4) is 0 Å². The van der Waals surface area contributed by atoms with Gasteiger partial charge in [0, 0.05) is 12.6 Å². The van der Waals surface area contributed by atoms with Crippen molar-refractivity contribution in [2.75, 3.05) is 13.1 Å². The highest BCUT2D eigenvalue weighted by Crippen LogP contribution is 2.33. The minimum absolute atomic E-state index is 0.00385. The molecular weight excluding hydrogens is 228 g/mol. The lowest BCUT2D eigenvalue weighted by Crippen LogP contribution is -2.46. The third-order valence-corrected chi connectivity index (χ3v) is 3.80. The third-order valence-electron chi connectivity index (χ3n) is 3.80. The molecule has 1 aliphatic rings. The van der Waals surface area contributed by atoms with Gasteiger partial charge in [-0.05, 0) is 45.4 Å². The van der Waals surface area contributed by atoms with E-state index in [1.807, 2.05) is 13.8 Å². The molecule has 1 fully saturated rings. The van der Waals surface area contributed by atoms with Crippen LogP contribution in [0.2, 0.25) is 0 Å². The van der Waals surface area contributed by atoms with Crippen molar-refractivity contribution in [3.63, 3.8) is 0 Å². The molecule has 0 atom stereocenters. The van der Waals surface area contributed by atoms with Gasteiger partial charge in [0.15, 0.2) is 0 Å². The lowest BCUT2D eigenvalue weighted by atomic mass is 9.78. The summed E-state index contributed by atoms with van der Waals surface area (Å²) in [6, 6.07) is 0.169. The number of carbonyl (C=O) groups is 1. The first-order chi connectivity index (χ1) is 8.45. The van der Waals surface area contributed by atoms with Crippen molar-refractivity contribution in [2.45, 2.75) is 64.5 Å². The molecule has 4 nitrogen and oxygen atoms in total. The normalized spacial score (nSPS) is 28.4. The van der Waals surface area contributed by atoms with Crippen molar-refractivity contribution in [1.82, 2.24) is 10.6 Å². The zero-order valence-electron chi connectivity index (χ0n) is 12.0. The van der Waals surface area contributed by atoms with Crippen LogP contribution in [0.1, 0.15) is 52.9 Å². The van der Waals surface area contributed by atoms with Gasteiger partial charge in [-0.1, -0.05) is 13.3 Å². The molecule has 0 saturated heterocycles. The Morgan fingerprint density at radius 3 is 2.50 bits per heavy atom. The average molecular weight is 256 g/mol. The molecule has 1 rings (SSSR count). The molecule has 0 radical (unpaired) electrons. The molecule has 0 aromatic carbocycles. The van der Waals surface area contributed by atoms with E-state index < -0.39 is 5.60 Å². The summed E-state index contributed by atoms with van der Waals surface area (Å²) in [5, 5.41) is 16.3. The lowest BCUT2D eigenvalue weighted by Gasteiger charge is -2.36. The van der Waals surface area contributed by atoms with E-state index in [2.05, 4.69) is 17.6 Å². The molecule has 3 N–H and O–H groups in total. The van der Waals surface area contributed by atoms with Crippen molar-refractivity contribution in [1.29, 1.82) is 0 Å². The van der Waals surface area contributed by atoms with Crippen LogP contribution in [0.25, 0.3) is 0 Å². The van der Waals surface area contributed by atoms with Crippen LogP contribution < -0.4 is 10.6 Å². The Labute approximate surface area is 111 Å². The maximum absolute atomic E-state index is 11.4. The summed E-state index contributed by atoms with van der Waals surface area (Å²) in [4.78, 5) is 11.4. The fourth-order valence-electron chi connectivity index (χ4n) is 2.58. The zero-order chi connectivity index (χ0) is 13.6. The highest BCUT2D eigenvalue weighted by atomic mass is 16.3. The molecule has 1 saturated carbocycles. The minimum Gasteiger partial charge on any atom is -0.389 e. The molecule has 0 bridgehead atoms. The summed E-state index contributed by atoms with van der Waals surface area (Å²) >= 11 is 0. The van der Waals surface area contributed by atoms with Gasteiger partial charge in [-0.2, -0.15) is 0 Å². The first kappa shape index (κ1) is 15.4. The van der Waals surface area contributed by atoms with E-state index in [9.17, 15) is 9.90 Å². The van der Waals surface area contributed by atoms with Gasteiger partial charge in [-0.3, -0.25) is 4.79 Å². The molecule has 1 aliphatic carbocycles. The molecule has 0 spiro atoms. The van der Waals surface area contributed by atoms with Gasteiger partial charge in [0.25, 0.3) is 0 Å². The van der Waals surface area contributed by atoms with Crippen molar-refractivity contribution < 1.29 is 9.90 Å². The highest BCUT2D eigenvalue weighted by Gasteiger charge is 2.32. The highest BCUT2D eigenvalue weighted by molar-refractivity contribution is 5.78. The Morgan fingerprint density at radius 2 is 2.00 bits per heavy atom. The predicted octanol–water partition coefficient (Wildman–Crippen LogP) is 1.43. The van der Waals surface area contributed by atoms with E-state index in [1.165, 1.54) is 6.42 Å². The topological polar surface area (TPSA) is 61.4 Å². The first-order valence-electron chi connectivity index (χ1n) is 7.17. The van der Waals surface area contributed by atoms with Gasteiger partial charge >= 0.3 is 0 Å². The fourth-order valence-corrected chi connectivity index (χ4v) is 2.58. The smallest absolute Gasteiger partial charge is 0.234 e. The summed E-state index contributed by atoms with van der Waals surface area (Å²) in [6.45, 7) is 6.91. The summed E-state index contributed by atoms with van der Waals surface area (Å²) in [6.07, 6.45) is 5.12. The molecule has 0 aromatic rings. The van der Waals surface area contributed by atoms with Crippen molar-refractivity contribution in [2.24, 2.45) is 5.92 Å². The van der Waals surface area contributed by atoms with E-state index in [1.54, 1.807) is 0 Å². The van der Waals surface area contributed by atoms with Crippen molar-refractivity contribution in [3.8, 4) is 0 Å². The average Bonchev–Trinajstić information content (AvgIpc) is 2.29. The van der Waals surface area contributed by atoms with Crippen LogP contribution in [0.5, 0.6) is 0 Å². The quantitative estimate of drug-likeness (QED) is 0.674. The van der Waals surface area contributed by atoms with Crippen molar-refractivity contribution >= 4 is 5.91 Å². The summed E-state index contributed by atoms with van der Waals surface area (Å²) in [7, 11) is 0. The number of aliphatic hydroxyl groups is 1. The fraction of sp³-hybridized carbons (Fsp3) is 0.929. The second kappa shape index (κ2) is 7.10. The Bertz CT molecular complexity index is 259. The maximum atomic E-state index is 11.4. The standard InChI is InChI=1S/C14H28N2O2/c1-4-12-5-7-14(18,8-6-12)10-15-9-13(17)16-11(2)3/h11-12,15,18H,4-10H2,1-3H3,(H,16,17). The Kier molecular flexibility index (Phi) is 6.09. The SMILES string of the molecule is CCC1CCC(O)(CNCC(=O)NC(C)C)CC1. The van der Waals surface area contributed by atoms with Gasteiger partial charge in [0.2, 0.25) is 5.91 Å². The molecular formula is C14H28N2O2. The van der Waals surface area contributed by atoms with Crippen LogP contribution in [0.4, 0.5) is 0 Å². The predicted molar refractivity (Wildman–Crippen MR) is 73.3 cm³/mol. The van der Waals surface area contributed by atoms with Gasteiger partial charge in [0.05, 0.1) is 12.1 Å². The minimum atomic E-state index is -0.607. The van der Waals surface area contributed by atoms with Crippen LogP contribution in [-0.2, 0) is 4.79 Å². The number of nitrogens with one attached hydrogen (secondary N) is 2.